The average molecular weight is 467 g/mol. The Hall–Kier alpha value is -2.05. The van der Waals surface area contributed by atoms with Gasteiger partial charge in [0.25, 0.3) is 0 Å². The van der Waals surface area contributed by atoms with E-state index in [1.54, 1.807) is 0 Å². The molecule has 0 unspecified atom stereocenters. The number of benzene rings is 2. The molecule has 0 aromatic heterocycles. The fourth-order valence-electron chi connectivity index (χ4n) is 3.37. The molecule has 0 aliphatic heterocycles. The van der Waals surface area contributed by atoms with Gasteiger partial charge in [0, 0.05) is 11.0 Å². The third-order valence-corrected chi connectivity index (χ3v) is 5.49. The van der Waals surface area contributed by atoms with Gasteiger partial charge in [0.15, 0.2) is 5.96 Å². The van der Waals surface area contributed by atoms with Crippen LogP contribution in [0.15, 0.2) is 58.0 Å². The third kappa shape index (κ3) is 6.24. The van der Waals surface area contributed by atoms with E-state index in [4.69, 9.17) is 16.2 Å². The van der Waals surface area contributed by atoms with Crippen molar-refractivity contribution < 1.29 is 9.53 Å². The van der Waals surface area contributed by atoms with Gasteiger partial charge in [-0.25, -0.2) is 0 Å². The molecule has 0 bridgehead atoms. The second-order valence-corrected chi connectivity index (χ2v) is 7.85. The maximum atomic E-state index is 12.4. The highest BCUT2D eigenvalue weighted by Gasteiger charge is 2.27. The second kappa shape index (κ2) is 10.5. The molecule has 4 N–H and O–H groups in total. The fraction of sp³-hybridized carbons (Fsp3) is 0.333. The van der Waals surface area contributed by atoms with Crippen LogP contribution in [0, 0.1) is 11.8 Å². The first-order valence-electron chi connectivity index (χ1n) is 9.14. The molecule has 2 aromatic carbocycles. The number of hydrogen-bond acceptors (Lipinski definition) is 3. The van der Waals surface area contributed by atoms with Gasteiger partial charge in [0.1, 0.15) is 5.75 Å². The normalized spacial score (nSPS) is 18.6. The molecule has 150 valence electrons. The minimum atomic E-state index is -0.147. The molecule has 7 heteroatoms. The summed E-state index contributed by atoms with van der Waals surface area (Å²) in [7, 11) is 0. The summed E-state index contributed by atoms with van der Waals surface area (Å²) in [6, 6.07) is 15.7. The summed E-state index contributed by atoms with van der Waals surface area (Å²) in [6.45, 7) is 0.640. The molecule has 5 nitrogen and oxygen atoms in total. The van der Waals surface area contributed by atoms with Gasteiger partial charge in [-0.15, -0.1) is 12.4 Å². The summed E-state index contributed by atoms with van der Waals surface area (Å²) in [5.41, 5.74) is 13.0. The van der Waals surface area contributed by atoms with Crippen molar-refractivity contribution in [2.45, 2.75) is 25.7 Å². The van der Waals surface area contributed by atoms with Crippen LogP contribution in [-0.2, 0) is 4.79 Å². The fourth-order valence-corrected chi connectivity index (χ4v) is 3.64. The number of halogens is 2. The molecule has 28 heavy (non-hydrogen) atoms. The summed E-state index contributed by atoms with van der Waals surface area (Å²) in [4.78, 5) is 16.5. The molecular formula is C21H25BrClN3O2. The van der Waals surface area contributed by atoms with E-state index < -0.39 is 0 Å². The van der Waals surface area contributed by atoms with Crippen LogP contribution < -0.4 is 16.2 Å². The Balaban J connectivity index is 0.00000280. The van der Waals surface area contributed by atoms with E-state index in [1.165, 1.54) is 0 Å². The van der Waals surface area contributed by atoms with E-state index in [0.717, 1.165) is 41.3 Å². The summed E-state index contributed by atoms with van der Waals surface area (Å²) >= 11 is 3.44. The smallest absolute Gasteiger partial charge is 0.314 e. The largest absolute Gasteiger partial charge is 0.426 e. The van der Waals surface area contributed by atoms with Crippen LogP contribution in [0.5, 0.6) is 5.75 Å². The van der Waals surface area contributed by atoms with Crippen LogP contribution in [0.3, 0.4) is 0 Å². The topological polar surface area (TPSA) is 90.7 Å². The maximum absolute atomic E-state index is 12.4. The van der Waals surface area contributed by atoms with Crippen LogP contribution in [0.1, 0.15) is 25.7 Å². The summed E-state index contributed by atoms with van der Waals surface area (Å²) in [5.74, 6) is 0.964. The molecule has 1 aliphatic rings. The molecule has 2 aromatic rings. The monoisotopic (exact) mass is 465 g/mol. The number of nitrogens with two attached hydrogens (primary N) is 2. The predicted molar refractivity (Wildman–Crippen MR) is 119 cm³/mol. The van der Waals surface area contributed by atoms with Crippen molar-refractivity contribution in [2.75, 3.05) is 6.54 Å². The molecule has 0 saturated heterocycles. The van der Waals surface area contributed by atoms with Crippen molar-refractivity contribution in [3.05, 3.63) is 53.0 Å². The van der Waals surface area contributed by atoms with Gasteiger partial charge in [-0.2, -0.15) is 0 Å². The van der Waals surface area contributed by atoms with Crippen molar-refractivity contribution in [2.24, 2.45) is 28.3 Å². The van der Waals surface area contributed by atoms with Crippen LogP contribution in [-0.4, -0.2) is 18.5 Å². The molecule has 1 fully saturated rings. The maximum Gasteiger partial charge on any atom is 0.314 e. The number of guanidine groups is 1. The van der Waals surface area contributed by atoms with Crippen molar-refractivity contribution in [1.82, 2.24) is 0 Å². The number of esters is 1. The number of hydrogen-bond donors (Lipinski definition) is 2. The van der Waals surface area contributed by atoms with E-state index in [-0.39, 0.29) is 30.3 Å². The van der Waals surface area contributed by atoms with Gasteiger partial charge in [-0.1, -0.05) is 40.2 Å². The minimum absolute atomic E-state index is 0. The van der Waals surface area contributed by atoms with Crippen molar-refractivity contribution in [3.8, 4) is 16.9 Å². The van der Waals surface area contributed by atoms with E-state index >= 15 is 0 Å². The number of carbonyl (C=O) groups is 1. The molecule has 3 rings (SSSR count). The average Bonchev–Trinajstić information content (AvgIpc) is 2.68. The molecule has 0 amide bonds. The lowest BCUT2D eigenvalue weighted by atomic mass is 9.82. The predicted octanol–water partition coefficient (Wildman–Crippen LogP) is 4.52. The lowest BCUT2D eigenvalue weighted by Gasteiger charge is -2.26. The minimum Gasteiger partial charge on any atom is -0.426 e. The molecule has 0 spiro atoms. The lowest BCUT2D eigenvalue weighted by molar-refractivity contribution is -0.140. The lowest BCUT2D eigenvalue weighted by Crippen LogP contribution is -2.28. The number of aliphatic imine (C=N–C) groups is 1. The van der Waals surface area contributed by atoms with Crippen molar-refractivity contribution in [1.29, 1.82) is 0 Å². The van der Waals surface area contributed by atoms with Gasteiger partial charge < -0.3 is 16.2 Å². The first-order valence-corrected chi connectivity index (χ1v) is 9.93. The highest BCUT2D eigenvalue weighted by molar-refractivity contribution is 9.10. The third-order valence-electron chi connectivity index (χ3n) is 4.96. The van der Waals surface area contributed by atoms with Gasteiger partial charge in [0.05, 0.1) is 5.92 Å². The molecule has 0 atom stereocenters. The number of ether oxygens (including phenoxy) is 1. The summed E-state index contributed by atoms with van der Waals surface area (Å²) < 4.78 is 6.63. The number of rotatable bonds is 5. The van der Waals surface area contributed by atoms with Crippen LogP contribution in [0.25, 0.3) is 11.1 Å². The Bertz CT molecular complexity index is 797. The zero-order valence-electron chi connectivity index (χ0n) is 15.5. The highest BCUT2D eigenvalue weighted by atomic mass is 79.9. The van der Waals surface area contributed by atoms with Crippen molar-refractivity contribution in [3.63, 3.8) is 0 Å². The zero-order chi connectivity index (χ0) is 19.2. The van der Waals surface area contributed by atoms with Crippen LogP contribution in [0.2, 0.25) is 0 Å². The van der Waals surface area contributed by atoms with Crippen LogP contribution >= 0.6 is 28.3 Å². The zero-order valence-corrected chi connectivity index (χ0v) is 17.9. The first-order chi connectivity index (χ1) is 13.0. The Labute approximate surface area is 180 Å². The molecule has 1 saturated carbocycles. The Morgan fingerprint density at radius 1 is 0.964 bits per heavy atom. The summed E-state index contributed by atoms with van der Waals surface area (Å²) in [6.07, 6.45) is 3.53. The van der Waals surface area contributed by atoms with E-state index in [0.29, 0.717) is 18.2 Å². The number of carbonyl (C=O) groups excluding carboxylic acids is 1. The Morgan fingerprint density at radius 3 is 2.04 bits per heavy atom. The Kier molecular flexibility index (Phi) is 8.33. The quantitative estimate of drug-likeness (QED) is 0.293. The highest BCUT2D eigenvalue weighted by Crippen LogP contribution is 2.31. The van der Waals surface area contributed by atoms with E-state index in [9.17, 15) is 4.79 Å². The number of nitrogens with zero attached hydrogens (tertiary/aromatic N) is 1. The second-order valence-electron chi connectivity index (χ2n) is 6.94. The molecular weight excluding hydrogens is 442 g/mol. The Morgan fingerprint density at radius 2 is 1.50 bits per heavy atom. The molecule has 0 radical (unpaired) electrons. The van der Waals surface area contributed by atoms with Crippen molar-refractivity contribution >= 4 is 40.3 Å². The summed E-state index contributed by atoms with van der Waals surface area (Å²) in [5, 5.41) is 0. The van der Waals surface area contributed by atoms with Crippen LogP contribution in [0.4, 0.5) is 0 Å². The van der Waals surface area contributed by atoms with Gasteiger partial charge >= 0.3 is 5.97 Å². The standard InChI is InChI=1S/C21H24BrN3O2.ClH/c22-18-9-5-15(6-10-18)16-7-11-19(12-8-16)27-20(26)17-3-1-14(2-4-17)13-25-21(23)24;/h5-12,14,17H,1-4,13H2,(H4,23,24,25);1H. The van der Waals surface area contributed by atoms with Gasteiger partial charge in [-0.3, -0.25) is 9.79 Å². The van der Waals surface area contributed by atoms with E-state index in [1.807, 2.05) is 48.5 Å². The van der Waals surface area contributed by atoms with E-state index in [2.05, 4.69) is 20.9 Å². The van der Waals surface area contributed by atoms with Gasteiger partial charge in [0.2, 0.25) is 0 Å². The van der Waals surface area contributed by atoms with Gasteiger partial charge in [-0.05, 0) is 67.0 Å². The molecule has 0 heterocycles. The first kappa shape index (κ1) is 22.2. The molecule has 1 aliphatic carbocycles. The SMILES string of the molecule is Cl.NC(N)=NCC1CCC(C(=O)Oc2ccc(-c3ccc(Br)cc3)cc2)CC1.